The molecule has 1 heterocycles. The highest BCUT2D eigenvalue weighted by molar-refractivity contribution is 5.75. The number of hydrogen-bond donors (Lipinski definition) is 0. The lowest BCUT2D eigenvalue weighted by Crippen LogP contribution is -2.30. The van der Waals surface area contributed by atoms with Crippen molar-refractivity contribution < 1.29 is 4.74 Å². The maximum atomic E-state index is 5.56. The fraction of sp³-hybridized carbons (Fsp3) is 0.870. The molecule has 152 valence electrons. The summed E-state index contributed by atoms with van der Waals surface area (Å²) in [4.78, 5) is 6.72. The molecule has 0 saturated carbocycles. The van der Waals surface area contributed by atoms with Crippen molar-refractivity contribution in [2.75, 3.05) is 26.2 Å². The van der Waals surface area contributed by atoms with Crippen molar-refractivity contribution in [3.8, 4) is 0 Å². The summed E-state index contributed by atoms with van der Waals surface area (Å²) in [5.74, 6) is 0. The minimum atomic E-state index is 0.725. The molecule has 1 aliphatic rings. The van der Waals surface area contributed by atoms with Crippen molar-refractivity contribution in [2.24, 2.45) is 4.99 Å². The van der Waals surface area contributed by atoms with Gasteiger partial charge >= 0.3 is 0 Å². The lowest BCUT2D eigenvalue weighted by molar-refractivity contribution is 0.257. The molecule has 1 aliphatic heterocycles. The van der Waals surface area contributed by atoms with Crippen molar-refractivity contribution in [2.45, 2.75) is 104 Å². The van der Waals surface area contributed by atoms with Crippen LogP contribution in [0.3, 0.4) is 0 Å². The first-order chi connectivity index (χ1) is 12.9. The van der Waals surface area contributed by atoms with Crippen molar-refractivity contribution in [1.82, 2.24) is 4.90 Å². The van der Waals surface area contributed by atoms with Crippen LogP contribution >= 0.6 is 0 Å². The third-order valence-corrected chi connectivity index (χ3v) is 5.10. The molecule has 0 aromatic carbocycles. The zero-order valence-electron chi connectivity index (χ0n) is 17.7. The number of amidine groups is 1. The normalized spacial score (nSPS) is 14.4. The Kier molecular flexibility index (Phi) is 15.4. The zero-order valence-corrected chi connectivity index (χ0v) is 17.7. The molecule has 0 aromatic heterocycles. The highest BCUT2D eigenvalue weighted by atomic mass is 16.5. The monoisotopic (exact) mass is 364 g/mol. The standard InChI is InChI=1S/C23H44N2O/c1-3-5-6-7-8-9-10-11-12-13-14-15-16-17-18-19-21-25-22-20-24-23(25)26-4-2/h11-12H,3-10,13-22H2,1-2H3/b12-11-. The van der Waals surface area contributed by atoms with Gasteiger partial charge in [0.15, 0.2) is 0 Å². The van der Waals surface area contributed by atoms with Gasteiger partial charge in [-0.1, -0.05) is 76.9 Å². The van der Waals surface area contributed by atoms with E-state index < -0.39 is 0 Å². The van der Waals surface area contributed by atoms with Crippen LogP contribution in [-0.4, -0.2) is 37.2 Å². The first kappa shape index (κ1) is 23.0. The van der Waals surface area contributed by atoms with Gasteiger partial charge in [-0.3, -0.25) is 0 Å². The molecule has 0 amide bonds. The minimum absolute atomic E-state index is 0.725. The van der Waals surface area contributed by atoms with Crippen LogP contribution in [0.4, 0.5) is 0 Å². The highest BCUT2D eigenvalue weighted by Crippen LogP contribution is 2.11. The van der Waals surface area contributed by atoms with Crippen molar-refractivity contribution in [3.05, 3.63) is 12.2 Å². The van der Waals surface area contributed by atoms with Crippen LogP contribution in [0.1, 0.15) is 104 Å². The third-order valence-electron chi connectivity index (χ3n) is 5.10. The summed E-state index contributed by atoms with van der Waals surface area (Å²) in [5, 5.41) is 0. The molecular formula is C23H44N2O. The number of nitrogens with zero attached hydrogens (tertiary/aromatic N) is 2. The van der Waals surface area contributed by atoms with E-state index in [4.69, 9.17) is 4.74 Å². The summed E-state index contributed by atoms with van der Waals surface area (Å²) < 4.78 is 5.56. The number of hydrogen-bond acceptors (Lipinski definition) is 3. The Morgan fingerprint density at radius 2 is 1.38 bits per heavy atom. The Morgan fingerprint density at radius 3 is 2.00 bits per heavy atom. The largest absolute Gasteiger partial charge is 0.465 e. The molecule has 1 rings (SSSR count). The SMILES string of the molecule is CCCCCCCC/C=C\CCCCCCCCN1CCN=C1OCC. The quantitative estimate of drug-likeness (QED) is 0.211. The molecule has 0 spiro atoms. The Morgan fingerprint density at radius 1 is 0.808 bits per heavy atom. The molecule has 3 heteroatoms. The van der Waals surface area contributed by atoms with E-state index in [2.05, 4.69) is 29.0 Å². The van der Waals surface area contributed by atoms with Gasteiger partial charge in [0.05, 0.1) is 13.2 Å². The van der Waals surface area contributed by atoms with Gasteiger partial charge in [0.1, 0.15) is 0 Å². The smallest absolute Gasteiger partial charge is 0.287 e. The highest BCUT2D eigenvalue weighted by Gasteiger charge is 2.16. The van der Waals surface area contributed by atoms with E-state index in [1.807, 2.05) is 6.92 Å². The molecule has 0 fully saturated rings. The number of unbranched alkanes of at least 4 members (excludes halogenated alkanes) is 12. The molecule has 0 aliphatic carbocycles. The molecule has 0 bridgehead atoms. The molecule has 3 nitrogen and oxygen atoms in total. The summed E-state index contributed by atoms with van der Waals surface area (Å²) in [6.45, 7) is 8.10. The number of allylic oxidation sites excluding steroid dienone is 2. The van der Waals surface area contributed by atoms with E-state index in [0.717, 1.165) is 32.3 Å². The molecule has 0 N–H and O–H groups in total. The molecule has 0 atom stereocenters. The van der Waals surface area contributed by atoms with Crippen LogP contribution in [0, 0.1) is 0 Å². The Labute approximate surface area is 163 Å². The molecule has 0 aromatic rings. The second kappa shape index (κ2) is 17.4. The lowest BCUT2D eigenvalue weighted by Gasteiger charge is -2.19. The van der Waals surface area contributed by atoms with Crippen LogP contribution in [0.15, 0.2) is 17.1 Å². The van der Waals surface area contributed by atoms with Gasteiger partial charge in [0.25, 0.3) is 6.02 Å². The summed E-state index contributed by atoms with van der Waals surface area (Å²) >= 11 is 0. The molecule has 26 heavy (non-hydrogen) atoms. The predicted molar refractivity (Wildman–Crippen MR) is 115 cm³/mol. The summed E-state index contributed by atoms with van der Waals surface area (Å²) in [5.41, 5.74) is 0. The minimum Gasteiger partial charge on any atom is -0.465 e. The van der Waals surface area contributed by atoms with Gasteiger partial charge in [-0.05, 0) is 39.0 Å². The van der Waals surface area contributed by atoms with Crippen molar-refractivity contribution in [1.29, 1.82) is 0 Å². The van der Waals surface area contributed by atoms with Gasteiger partial charge in [0, 0.05) is 13.1 Å². The number of aliphatic imine (C=N–C) groups is 1. The molecule has 0 unspecified atom stereocenters. The predicted octanol–water partition coefficient (Wildman–Crippen LogP) is 6.73. The van der Waals surface area contributed by atoms with Crippen LogP contribution in [0.2, 0.25) is 0 Å². The van der Waals surface area contributed by atoms with Crippen LogP contribution in [-0.2, 0) is 4.74 Å². The maximum absolute atomic E-state index is 5.56. The third kappa shape index (κ3) is 12.4. The fourth-order valence-corrected chi connectivity index (χ4v) is 3.49. The number of rotatable bonds is 17. The summed E-state index contributed by atoms with van der Waals surface area (Å²) in [6.07, 6.45) is 23.9. The number of ether oxygens (including phenoxy) is 1. The van der Waals surface area contributed by atoms with Gasteiger partial charge in [-0.25, -0.2) is 4.99 Å². The van der Waals surface area contributed by atoms with Gasteiger partial charge in [0.2, 0.25) is 0 Å². The van der Waals surface area contributed by atoms with E-state index in [1.54, 1.807) is 0 Å². The average Bonchev–Trinajstić information content (AvgIpc) is 3.09. The van der Waals surface area contributed by atoms with E-state index in [0.29, 0.717) is 0 Å². The molecule has 0 saturated heterocycles. The lowest BCUT2D eigenvalue weighted by atomic mass is 10.1. The van der Waals surface area contributed by atoms with E-state index in [1.165, 1.54) is 89.9 Å². The van der Waals surface area contributed by atoms with E-state index in [9.17, 15) is 0 Å². The van der Waals surface area contributed by atoms with E-state index in [-0.39, 0.29) is 0 Å². The second-order valence-electron chi connectivity index (χ2n) is 7.52. The van der Waals surface area contributed by atoms with Gasteiger partial charge < -0.3 is 9.64 Å². The Hall–Kier alpha value is -0.990. The maximum Gasteiger partial charge on any atom is 0.287 e. The summed E-state index contributed by atoms with van der Waals surface area (Å²) in [6, 6.07) is 0.875. The topological polar surface area (TPSA) is 24.8 Å². The van der Waals surface area contributed by atoms with Gasteiger partial charge in [-0.15, -0.1) is 0 Å². The van der Waals surface area contributed by atoms with Crippen LogP contribution < -0.4 is 0 Å². The average molecular weight is 365 g/mol. The first-order valence-corrected chi connectivity index (χ1v) is 11.5. The fourth-order valence-electron chi connectivity index (χ4n) is 3.49. The molecule has 0 radical (unpaired) electrons. The van der Waals surface area contributed by atoms with E-state index >= 15 is 0 Å². The first-order valence-electron chi connectivity index (χ1n) is 11.5. The van der Waals surface area contributed by atoms with Crippen LogP contribution in [0.5, 0.6) is 0 Å². The van der Waals surface area contributed by atoms with Crippen molar-refractivity contribution >= 4 is 6.02 Å². The zero-order chi connectivity index (χ0) is 18.7. The van der Waals surface area contributed by atoms with Crippen LogP contribution in [0.25, 0.3) is 0 Å². The Balaban J connectivity index is 1.79. The Bertz CT molecular complexity index is 365. The summed E-state index contributed by atoms with van der Waals surface area (Å²) in [7, 11) is 0. The van der Waals surface area contributed by atoms with Crippen molar-refractivity contribution in [3.63, 3.8) is 0 Å². The van der Waals surface area contributed by atoms with Gasteiger partial charge in [-0.2, -0.15) is 0 Å². The molecular weight excluding hydrogens is 320 g/mol. The second-order valence-corrected chi connectivity index (χ2v) is 7.52.